The Morgan fingerprint density at radius 3 is 2.50 bits per heavy atom. The highest BCUT2D eigenvalue weighted by atomic mass is 16.5. The summed E-state index contributed by atoms with van der Waals surface area (Å²) in [5, 5.41) is 0.990. The van der Waals surface area contributed by atoms with Crippen LogP contribution in [0.5, 0.6) is 11.5 Å². The van der Waals surface area contributed by atoms with Gasteiger partial charge < -0.3 is 14.6 Å². The molecule has 0 unspecified atom stereocenters. The predicted molar refractivity (Wildman–Crippen MR) is 94.6 cm³/mol. The van der Waals surface area contributed by atoms with Crippen LogP contribution in [0.2, 0.25) is 0 Å². The summed E-state index contributed by atoms with van der Waals surface area (Å²) < 4.78 is 5.86. The highest BCUT2D eigenvalue weighted by Crippen LogP contribution is 2.26. The molecule has 0 spiro atoms. The van der Waals surface area contributed by atoms with E-state index >= 15 is 0 Å². The highest BCUT2D eigenvalue weighted by molar-refractivity contribution is 5.98. The Balaban J connectivity index is 1.58. The average Bonchev–Trinajstić information content (AvgIpc) is 3.06. The molecular weight excluding hydrogens is 300 g/mol. The van der Waals surface area contributed by atoms with Gasteiger partial charge in [-0.05, 0) is 55.7 Å². The average molecular weight is 320 g/mol. The maximum Gasteiger partial charge on any atom is 0.270 e. The lowest BCUT2D eigenvalue weighted by molar-refractivity contribution is 0.0719. The van der Waals surface area contributed by atoms with Crippen LogP contribution >= 0.6 is 0 Å². The number of likely N-dealkylation sites (tertiary alicyclic amines) is 1. The summed E-state index contributed by atoms with van der Waals surface area (Å²) in [6.45, 7) is 1.72. The molecule has 122 valence electrons. The minimum Gasteiger partial charge on any atom is -0.457 e. The van der Waals surface area contributed by atoms with Gasteiger partial charge >= 0.3 is 0 Å². The quantitative estimate of drug-likeness (QED) is 0.767. The van der Waals surface area contributed by atoms with E-state index in [-0.39, 0.29) is 5.91 Å². The van der Waals surface area contributed by atoms with E-state index in [4.69, 9.17) is 4.74 Å². The van der Waals surface area contributed by atoms with Crippen LogP contribution < -0.4 is 4.74 Å². The van der Waals surface area contributed by atoms with Crippen LogP contribution in [0.1, 0.15) is 29.8 Å². The van der Waals surface area contributed by atoms with Crippen LogP contribution in [0.15, 0.2) is 54.6 Å². The molecule has 1 N–H and O–H groups in total. The van der Waals surface area contributed by atoms with E-state index in [0.29, 0.717) is 5.69 Å². The first-order valence-electron chi connectivity index (χ1n) is 8.44. The standard InChI is InChI=1S/C20H20N2O2/c23-20(22-11-5-2-6-12-22)19-14-15-13-17(9-10-18(15)21-19)24-16-7-3-1-4-8-16/h1,3-4,7-10,13-14,21H,2,5-6,11-12H2. The summed E-state index contributed by atoms with van der Waals surface area (Å²) in [6.07, 6.45) is 3.42. The summed E-state index contributed by atoms with van der Waals surface area (Å²) in [5.41, 5.74) is 1.61. The van der Waals surface area contributed by atoms with E-state index in [2.05, 4.69) is 4.98 Å². The van der Waals surface area contributed by atoms with Crippen molar-refractivity contribution in [2.24, 2.45) is 0 Å². The molecule has 24 heavy (non-hydrogen) atoms. The fourth-order valence-corrected chi connectivity index (χ4v) is 3.18. The molecular formula is C20H20N2O2. The lowest BCUT2D eigenvalue weighted by Crippen LogP contribution is -2.35. The summed E-state index contributed by atoms with van der Waals surface area (Å²) in [5.74, 6) is 1.66. The number of hydrogen-bond acceptors (Lipinski definition) is 2. The fraction of sp³-hybridized carbons (Fsp3) is 0.250. The zero-order valence-corrected chi connectivity index (χ0v) is 13.5. The molecule has 0 aliphatic carbocycles. The minimum absolute atomic E-state index is 0.0939. The number of aromatic amines is 1. The molecule has 4 nitrogen and oxygen atoms in total. The Morgan fingerprint density at radius 1 is 0.917 bits per heavy atom. The number of H-pyrrole nitrogens is 1. The Morgan fingerprint density at radius 2 is 1.71 bits per heavy atom. The molecule has 1 fully saturated rings. The van der Waals surface area contributed by atoms with Crippen molar-refractivity contribution >= 4 is 16.8 Å². The number of hydrogen-bond donors (Lipinski definition) is 1. The molecule has 1 amide bonds. The van der Waals surface area contributed by atoms with Crippen molar-refractivity contribution in [3.63, 3.8) is 0 Å². The Bertz CT molecular complexity index is 848. The maximum absolute atomic E-state index is 12.6. The Hall–Kier alpha value is -2.75. The number of ether oxygens (including phenoxy) is 1. The number of rotatable bonds is 3. The summed E-state index contributed by atoms with van der Waals surface area (Å²) in [6, 6.07) is 17.5. The largest absolute Gasteiger partial charge is 0.457 e. The molecule has 2 heterocycles. The van der Waals surface area contributed by atoms with Crippen LogP contribution in [0.3, 0.4) is 0 Å². The van der Waals surface area contributed by atoms with E-state index < -0.39 is 0 Å². The van der Waals surface area contributed by atoms with Gasteiger partial charge in [0.15, 0.2) is 0 Å². The SMILES string of the molecule is O=C(c1cc2cc(Oc3ccccc3)ccc2[nH]1)N1CCCCC1. The number of fused-ring (bicyclic) bond motifs is 1. The van der Waals surface area contributed by atoms with E-state index in [9.17, 15) is 4.79 Å². The number of carbonyl (C=O) groups is 1. The zero-order chi connectivity index (χ0) is 16.4. The smallest absolute Gasteiger partial charge is 0.270 e. The first kappa shape index (κ1) is 14.8. The van der Waals surface area contributed by atoms with Gasteiger partial charge in [-0.2, -0.15) is 0 Å². The highest BCUT2D eigenvalue weighted by Gasteiger charge is 2.19. The summed E-state index contributed by atoms with van der Waals surface area (Å²) in [4.78, 5) is 17.8. The summed E-state index contributed by atoms with van der Waals surface area (Å²) >= 11 is 0. The molecule has 0 saturated carbocycles. The number of amides is 1. The summed E-state index contributed by atoms with van der Waals surface area (Å²) in [7, 11) is 0. The van der Waals surface area contributed by atoms with Gasteiger partial charge in [-0.3, -0.25) is 4.79 Å². The van der Waals surface area contributed by atoms with Gasteiger partial charge in [0, 0.05) is 24.0 Å². The number of benzene rings is 2. The van der Waals surface area contributed by atoms with Crippen LogP contribution in [-0.4, -0.2) is 28.9 Å². The second-order valence-corrected chi connectivity index (χ2v) is 6.20. The first-order chi connectivity index (χ1) is 11.8. The van der Waals surface area contributed by atoms with E-state index in [1.54, 1.807) is 0 Å². The predicted octanol–water partition coefficient (Wildman–Crippen LogP) is 4.59. The molecule has 1 aliphatic rings. The van der Waals surface area contributed by atoms with Crippen LogP contribution in [0.25, 0.3) is 10.9 Å². The van der Waals surface area contributed by atoms with Crippen LogP contribution in [-0.2, 0) is 0 Å². The minimum atomic E-state index is 0.0939. The van der Waals surface area contributed by atoms with E-state index in [1.807, 2.05) is 59.5 Å². The van der Waals surface area contributed by atoms with Gasteiger partial charge in [-0.25, -0.2) is 0 Å². The molecule has 1 saturated heterocycles. The molecule has 3 aromatic rings. The van der Waals surface area contributed by atoms with Crippen molar-refractivity contribution in [3.05, 3.63) is 60.3 Å². The Kier molecular flexibility index (Phi) is 3.95. The van der Waals surface area contributed by atoms with E-state index in [1.165, 1.54) is 6.42 Å². The monoisotopic (exact) mass is 320 g/mol. The third-order valence-electron chi connectivity index (χ3n) is 4.44. The molecule has 0 bridgehead atoms. The van der Waals surface area contributed by atoms with Gasteiger partial charge in [-0.1, -0.05) is 18.2 Å². The van der Waals surface area contributed by atoms with Gasteiger partial charge in [0.1, 0.15) is 17.2 Å². The molecule has 4 rings (SSSR count). The molecule has 1 aliphatic heterocycles. The fourth-order valence-electron chi connectivity index (χ4n) is 3.18. The molecule has 0 atom stereocenters. The second-order valence-electron chi connectivity index (χ2n) is 6.20. The molecule has 0 radical (unpaired) electrons. The lowest BCUT2D eigenvalue weighted by atomic mass is 10.1. The maximum atomic E-state index is 12.6. The lowest BCUT2D eigenvalue weighted by Gasteiger charge is -2.26. The molecule has 1 aromatic heterocycles. The number of nitrogens with zero attached hydrogens (tertiary/aromatic N) is 1. The van der Waals surface area contributed by atoms with Gasteiger partial charge in [0.25, 0.3) is 5.91 Å². The van der Waals surface area contributed by atoms with Crippen molar-refractivity contribution < 1.29 is 9.53 Å². The second kappa shape index (κ2) is 6.40. The van der Waals surface area contributed by atoms with Crippen molar-refractivity contribution in [2.45, 2.75) is 19.3 Å². The van der Waals surface area contributed by atoms with Crippen molar-refractivity contribution in [3.8, 4) is 11.5 Å². The van der Waals surface area contributed by atoms with Crippen LogP contribution in [0.4, 0.5) is 0 Å². The van der Waals surface area contributed by atoms with Crippen molar-refractivity contribution in [2.75, 3.05) is 13.1 Å². The number of para-hydroxylation sites is 1. The number of carbonyl (C=O) groups excluding carboxylic acids is 1. The number of piperidine rings is 1. The zero-order valence-electron chi connectivity index (χ0n) is 13.5. The van der Waals surface area contributed by atoms with Gasteiger partial charge in [0.2, 0.25) is 0 Å². The van der Waals surface area contributed by atoms with Gasteiger partial charge in [0.05, 0.1) is 0 Å². The third-order valence-corrected chi connectivity index (χ3v) is 4.44. The normalized spacial score (nSPS) is 14.8. The van der Waals surface area contributed by atoms with E-state index in [0.717, 1.165) is 48.3 Å². The third kappa shape index (κ3) is 3.00. The van der Waals surface area contributed by atoms with Crippen molar-refractivity contribution in [1.82, 2.24) is 9.88 Å². The number of nitrogens with one attached hydrogen (secondary N) is 1. The molecule has 4 heteroatoms. The number of aromatic nitrogens is 1. The molecule has 2 aromatic carbocycles. The van der Waals surface area contributed by atoms with Crippen molar-refractivity contribution in [1.29, 1.82) is 0 Å². The Labute approximate surface area is 141 Å². The van der Waals surface area contributed by atoms with Gasteiger partial charge in [-0.15, -0.1) is 0 Å². The topological polar surface area (TPSA) is 45.3 Å². The first-order valence-corrected chi connectivity index (χ1v) is 8.44. The van der Waals surface area contributed by atoms with Crippen LogP contribution in [0, 0.1) is 0 Å².